The zero-order valence-electron chi connectivity index (χ0n) is 23.6. The normalized spacial score (nSPS) is 10.7. The van der Waals surface area contributed by atoms with E-state index in [1.165, 1.54) is 32.7 Å². The van der Waals surface area contributed by atoms with E-state index in [0.29, 0.717) is 11.8 Å². The van der Waals surface area contributed by atoms with Gasteiger partial charge in [-0.15, -0.1) is 57.9 Å². The first-order valence-corrected chi connectivity index (χ1v) is 21.4. The van der Waals surface area contributed by atoms with Crippen LogP contribution in [-0.4, -0.2) is 3.21 Å². The van der Waals surface area contributed by atoms with E-state index in [1.807, 2.05) is 36.4 Å². The van der Waals surface area contributed by atoms with Crippen molar-refractivity contribution in [3.8, 4) is 0 Å². The van der Waals surface area contributed by atoms with Crippen LogP contribution in [0.5, 0.6) is 0 Å². The molecule has 0 N–H and O–H groups in total. The third-order valence-corrected chi connectivity index (χ3v) is 11.6. The van der Waals surface area contributed by atoms with Crippen LogP contribution in [0, 0.1) is 0 Å². The van der Waals surface area contributed by atoms with E-state index in [4.69, 9.17) is 17.0 Å². The van der Waals surface area contributed by atoms with Gasteiger partial charge in [0.15, 0.2) is 0 Å². The van der Waals surface area contributed by atoms with Crippen molar-refractivity contribution in [1.29, 1.82) is 0 Å². The molecule has 0 fully saturated rings. The minimum atomic E-state index is -2.44. The molecule has 6 aromatic carbocycles. The molecule has 204 valence electrons. The van der Waals surface area contributed by atoms with Gasteiger partial charge in [-0.1, -0.05) is 51.0 Å². The van der Waals surface area contributed by atoms with Crippen molar-refractivity contribution in [3.63, 3.8) is 0 Å². The maximum absolute atomic E-state index is 6.24. The molecule has 0 radical (unpaired) electrons. The fourth-order valence-electron chi connectivity index (χ4n) is 4.98. The molecule has 0 amide bonds. The van der Waals surface area contributed by atoms with E-state index < -0.39 is 18.9 Å². The van der Waals surface area contributed by atoms with Crippen molar-refractivity contribution in [2.45, 2.75) is 39.5 Å². The first-order chi connectivity index (χ1) is 19.4. The van der Waals surface area contributed by atoms with Crippen LogP contribution in [0.25, 0.3) is 21.5 Å². The summed E-state index contributed by atoms with van der Waals surface area (Å²) in [7, 11) is 12.5. The fraction of sp³-hybridized carbons (Fsp3) is 0.162. The molecule has 0 aromatic heterocycles. The van der Waals surface area contributed by atoms with Crippen LogP contribution in [0.3, 0.4) is 0 Å². The molecule has 3 heteroatoms. The van der Waals surface area contributed by atoms with Crippen LogP contribution in [-0.2, 0) is 18.9 Å². The zero-order valence-corrected chi connectivity index (χ0v) is 27.6. The molecule has 0 heterocycles. The van der Waals surface area contributed by atoms with E-state index in [-0.39, 0.29) is 0 Å². The Kier molecular flexibility index (Phi) is 11.3. The predicted molar refractivity (Wildman–Crippen MR) is 175 cm³/mol. The van der Waals surface area contributed by atoms with Gasteiger partial charge in [0, 0.05) is 0 Å². The molecule has 40 heavy (non-hydrogen) atoms. The van der Waals surface area contributed by atoms with Crippen molar-refractivity contribution < 1.29 is 18.9 Å². The van der Waals surface area contributed by atoms with Crippen LogP contribution in [0.15, 0.2) is 133 Å². The Morgan fingerprint density at radius 1 is 0.525 bits per heavy atom. The monoisotopic (exact) mass is 640 g/mol. The molecule has 0 aliphatic rings. The van der Waals surface area contributed by atoms with Crippen LogP contribution in [0.2, 0.25) is 0 Å². The summed E-state index contributed by atoms with van der Waals surface area (Å²) in [6, 6.07) is 46.3. The van der Waals surface area contributed by atoms with Crippen LogP contribution in [0.1, 0.15) is 61.8 Å². The predicted octanol–water partition coefficient (Wildman–Crippen LogP) is 11.5. The van der Waals surface area contributed by atoms with Crippen molar-refractivity contribution >= 4 is 41.8 Å². The van der Waals surface area contributed by atoms with Gasteiger partial charge in [0.2, 0.25) is 0 Å². The molecule has 6 rings (SSSR count). The van der Waals surface area contributed by atoms with Crippen molar-refractivity contribution in [3.05, 3.63) is 156 Å². The van der Waals surface area contributed by atoms with E-state index in [1.54, 1.807) is 0 Å². The molecule has 0 bridgehead atoms. The molecule has 0 atom stereocenters. The first-order valence-electron chi connectivity index (χ1n) is 13.8. The fourth-order valence-corrected chi connectivity index (χ4v) is 9.45. The number of hydrogen-bond acceptors (Lipinski definition) is 0. The number of halogens is 2. The Bertz CT molecular complexity index is 1530. The summed E-state index contributed by atoms with van der Waals surface area (Å²) >= 11 is -2.44. The van der Waals surface area contributed by atoms with Crippen molar-refractivity contribution in [2.24, 2.45) is 0 Å². The first kappa shape index (κ1) is 30.4. The quantitative estimate of drug-likeness (QED) is 0.168. The van der Waals surface area contributed by atoms with Crippen LogP contribution in [0.4, 0.5) is 0 Å². The Hall–Kier alpha value is -2.57. The van der Waals surface area contributed by atoms with Gasteiger partial charge in [-0.05, 0) is 11.8 Å². The van der Waals surface area contributed by atoms with Gasteiger partial charge >= 0.3 is 111 Å². The summed E-state index contributed by atoms with van der Waals surface area (Å²) in [5, 5.41) is 5.54. The van der Waals surface area contributed by atoms with E-state index in [0.717, 1.165) is 14.3 Å². The molecule has 0 aliphatic heterocycles. The second kappa shape index (κ2) is 14.9. The summed E-state index contributed by atoms with van der Waals surface area (Å²) in [6.07, 6.45) is 0. The molecule has 0 unspecified atom stereocenters. The van der Waals surface area contributed by atoms with Crippen molar-refractivity contribution in [2.75, 3.05) is 0 Å². The SMILES string of the molecule is CC(C)c1cccc2[cH-]ccc12.CC(C)c1cccc2[cH-]ccc12.[Cl][Zr]([Cl])=[C](c1ccccc1)c1ccccc1. The molecule has 0 saturated heterocycles. The van der Waals surface area contributed by atoms with Crippen molar-refractivity contribution in [1.82, 2.24) is 0 Å². The molecule has 0 spiro atoms. The maximum atomic E-state index is 6.24. The standard InChI is InChI=1S/C13H10.2C12H13.2ClH.Zr/c1-3-7-12(8-4-1)11-13-9-5-2-6-10-13;2*1-9(2)11-7-3-5-10-6-4-8-12(10)11;;;/h1-10H;2*3-9H,1-2H3;2*1H;/q;2*-1;;;+2/p-2. The average Bonchev–Trinajstić information content (AvgIpc) is 3.64. The topological polar surface area (TPSA) is 0 Å². The van der Waals surface area contributed by atoms with Crippen LogP contribution >= 0.6 is 17.0 Å². The summed E-state index contributed by atoms with van der Waals surface area (Å²) in [4.78, 5) is 0. The number of rotatable bonds is 4. The average molecular weight is 643 g/mol. The van der Waals surface area contributed by atoms with E-state index in [9.17, 15) is 0 Å². The molecule has 6 aromatic rings. The number of fused-ring (bicyclic) bond motifs is 2. The summed E-state index contributed by atoms with van der Waals surface area (Å²) in [6.45, 7) is 8.95. The molecular weight excluding hydrogens is 607 g/mol. The summed E-state index contributed by atoms with van der Waals surface area (Å²) in [5.41, 5.74) is 5.20. The Morgan fingerprint density at radius 2 is 0.925 bits per heavy atom. The molecular formula is C37H36Cl2Zr-2. The summed E-state index contributed by atoms with van der Waals surface area (Å²) < 4.78 is 1.15. The molecule has 0 saturated carbocycles. The Balaban J connectivity index is 0.000000141. The van der Waals surface area contributed by atoms with Gasteiger partial charge in [0.25, 0.3) is 0 Å². The Labute approximate surface area is 254 Å². The van der Waals surface area contributed by atoms with E-state index >= 15 is 0 Å². The second-order valence-electron chi connectivity index (χ2n) is 10.4. The van der Waals surface area contributed by atoms with Gasteiger partial charge < -0.3 is 0 Å². The minimum absolute atomic E-state index is 0.621. The third-order valence-electron chi connectivity index (χ3n) is 6.98. The molecule has 0 aliphatic carbocycles. The van der Waals surface area contributed by atoms with Gasteiger partial charge in [-0.2, -0.15) is 24.3 Å². The third kappa shape index (κ3) is 7.79. The van der Waals surface area contributed by atoms with Gasteiger partial charge in [0.05, 0.1) is 0 Å². The number of benzene rings is 4. The van der Waals surface area contributed by atoms with Gasteiger partial charge in [0.1, 0.15) is 0 Å². The Morgan fingerprint density at radius 3 is 1.27 bits per heavy atom. The van der Waals surface area contributed by atoms with Gasteiger partial charge in [-0.3, -0.25) is 0 Å². The second-order valence-corrected chi connectivity index (χ2v) is 18.6. The molecule has 0 nitrogen and oxygen atoms in total. The number of hydrogen-bond donors (Lipinski definition) is 0. The van der Waals surface area contributed by atoms with Gasteiger partial charge in [-0.25, -0.2) is 0 Å². The van der Waals surface area contributed by atoms with Crippen LogP contribution < -0.4 is 0 Å². The van der Waals surface area contributed by atoms with E-state index in [2.05, 4.69) is 125 Å². The summed E-state index contributed by atoms with van der Waals surface area (Å²) in [5.74, 6) is 1.24. The zero-order chi connectivity index (χ0) is 28.5.